The fourth-order valence-electron chi connectivity index (χ4n) is 1.06. The van der Waals surface area contributed by atoms with Crippen molar-refractivity contribution in [3.63, 3.8) is 0 Å². The minimum absolute atomic E-state index is 0.800. The van der Waals surface area contributed by atoms with Crippen LogP contribution in [-0.4, -0.2) is 18.3 Å². The smallest absolute Gasteiger partial charge is 0.0376 e. The van der Waals surface area contributed by atoms with E-state index in [1.165, 1.54) is 10.5 Å². The van der Waals surface area contributed by atoms with E-state index in [1.54, 1.807) is 16.8 Å². The van der Waals surface area contributed by atoms with E-state index in [2.05, 4.69) is 30.5 Å². The summed E-state index contributed by atoms with van der Waals surface area (Å²) < 4.78 is 0. The molecule has 0 radical (unpaired) electrons. The summed E-state index contributed by atoms with van der Waals surface area (Å²) in [6.45, 7) is 0.800. The maximum Gasteiger partial charge on any atom is 0.0376 e. The van der Waals surface area contributed by atoms with Gasteiger partial charge < -0.3 is 0 Å². The Morgan fingerprint density at radius 3 is 2.83 bits per heavy atom. The van der Waals surface area contributed by atoms with E-state index in [4.69, 9.17) is 5.84 Å². The van der Waals surface area contributed by atoms with Crippen molar-refractivity contribution in [1.82, 2.24) is 5.01 Å². The van der Waals surface area contributed by atoms with E-state index in [0.717, 1.165) is 6.54 Å². The number of rotatable bonds is 3. The highest BCUT2D eigenvalue weighted by molar-refractivity contribution is 7.98. The summed E-state index contributed by atoms with van der Waals surface area (Å²) in [5.41, 5.74) is 1.26. The van der Waals surface area contributed by atoms with Crippen LogP contribution in [0.4, 0.5) is 0 Å². The van der Waals surface area contributed by atoms with Crippen LogP contribution in [0.3, 0.4) is 0 Å². The molecule has 0 spiro atoms. The van der Waals surface area contributed by atoms with E-state index in [9.17, 15) is 0 Å². The first-order valence-corrected chi connectivity index (χ1v) is 5.03. The van der Waals surface area contributed by atoms with Gasteiger partial charge in [-0.15, -0.1) is 11.8 Å². The summed E-state index contributed by atoms with van der Waals surface area (Å²) in [7, 11) is 1.87. The van der Waals surface area contributed by atoms with Gasteiger partial charge in [0.2, 0.25) is 0 Å². The molecule has 1 aromatic rings. The van der Waals surface area contributed by atoms with Gasteiger partial charge in [-0.3, -0.25) is 5.84 Å². The van der Waals surface area contributed by atoms with Gasteiger partial charge in [0.15, 0.2) is 0 Å². The van der Waals surface area contributed by atoms with Crippen molar-refractivity contribution in [2.45, 2.75) is 11.4 Å². The lowest BCUT2D eigenvalue weighted by atomic mass is 10.2. The third-order valence-corrected chi connectivity index (χ3v) is 2.29. The zero-order valence-corrected chi connectivity index (χ0v) is 8.27. The van der Waals surface area contributed by atoms with Crippen LogP contribution in [0.2, 0.25) is 0 Å². The highest BCUT2D eigenvalue weighted by Gasteiger charge is 1.95. The number of thioether (sulfide) groups is 1. The van der Waals surface area contributed by atoms with E-state index in [0.29, 0.717) is 0 Å². The Kier molecular flexibility index (Phi) is 3.59. The van der Waals surface area contributed by atoms with Crippen LogP contribution in [0.25, 0.3) is 0 Å². The molecule has 1 aromatic carbocycles. The summed E-state index contributed by atoms with van der Waals surface area (Å²) in [5, 5.41) is 1.68. The molecule has 0 saturated heterocycles. The number of hydrazine groups is 1. The third-order valence-electron chi connectivity index (χ3n) is 1.57. The van der Waals surface area contributed by atoms with Gasteiger partial charge in [-0.25, -0.2) is 5.01 Å². The number of hydrogen-bond donors (Lipinski definition) is 1. The molecule has 3 heteroatoms. The van der Waals surface area contributed by atoms with Crippen molar-refractivity contribution < 1.29 is 0 Å². The van der Waals surface area contributed by atoms with Crippen LogP contribution in [0.15, 0.2) is 29.2 Å². The average Bonchev–Trinajstić information content (AvgIpc) is 2.03. The highest BCUT2D eigenvalue weighted by Crippen LogP contribution is 2.15. The van der Waals surface area contributed by atoms with Gasteiger partial charge >= 0.3 is 0 Å². The SMILES string of the molecule is CSc1cccc(CN(C)N)c1. The molecular formula is C9H14N2S. The Morgan fingerprint density at radius 1 is 1.50 bits per heavy atom. The topological polar surface area (TPSA) is 29.3 Å². The molecule has 0 aromatic heterocycles. The van der Waals surface area contributed by atoms with Crippen molar-refractivity contribution in [1.29, 1.82) is 0 Å². The van der Waals surface area contributed by atoms with Crippen molar-refractivity contribution in [2.75, 3.05) is 13.3 Å². The van der Waals surface area contributed by atoms with Gasteiger partial charge in [0.25, 0.3) is 0 Å². The summed E-state index contributed by atoms with van der Waals surface area (Å²) in [4.78, 5) is 1.29. The zero-order valence-electron chi connectivity index (χ0n) is 7.45. The standard InChI is InChI=1S/C9H14N2S/c1-11(10)7-8-4-3-5-9(6-8)12-2/h3-6H,7,10H2,1-2H3. The van der Waals surface area contributed by atoms with Gasteiger partial charge in [0, 0.05) is 18.5 Å². The lowest BCUT2D eigenvalue weighted by Gasteiger charge is -2.09. The van der Waals surface area contributed by atoms with Gasteiger partial charge in [0.05, 0.1) is 0 Å². The molecule has 66 valence electrons. The predicted molar refractivity (Wildman–Crippen MR) is 53.9 cm³/mol. The number of nitrogens with two attached hydrogens (primary N) is 1. The fourth-order valence-corrected chi connectivity index (χ4v) is 1.54. The molecule has 0 aliphatic heterocycles. The van der Waals surface area contributed by atoms with Gasteiger partial charge in [-0.1, -0.05) is 12.1 Å². The second-order valence-corrected chi connectivity index (χ2v) is 3.65. The summed E-state index contributed by atoms with van der Waals surface area (Å²) >= 11 is 1.75. The van der Waals surface area contributed by atoms with E-state index in [1.807, 2.05) is 7.05 Å². The molecular weight excluding hydrogens is 168 g/mol. The summed E-state index contributed by atoms with van der Waals surface area (Å²) in [6, 6.07) is 8.41. The van der Waals surface area contributed by atoms with E-state index in [-0.39, 0.29) is 0 Å². The molecule has 12 heavy (non-hydrogen) atoms. The molecule has 2 N–H and O–H groups in total. The summed E-state index contributed by atoms with van der Waals surface area (Å²) in [5.74, 6) is 5.54. The number of nitrogens with zero attached hydrogens (tertiary/aromatic N) is 1. The van der Waals surface area contributed by atoms with E-state index < -0.39 is 0 Å². The Hall–Kier alpha value is -0.510. The minimum Gasteiger partial charge on any atom is -0.269 e. The molecule has 1 rings (SSSR count). The molecule has 2 nitrogen and oxygen atoms in total. The second kappa shape index (κ2) is 4.50. The lowest BCUT2D eigenvalue weighted by molar-refractivity contribution is 0.341. The normalized spacial score (nSPS) is 10.7. The number of benzene rings is 1. The monoisotopic (exact) mass is 182 g/mol. The van der Waals surface area contributed by atoms with Crippen molar-refractivity contribution in [3.8, 4) is 0 Å². The molecule has 0 heterocycles. The van der Waals surface area contributed by atoms with Crippen LogP contribution >= 0.6 is 11.8 Å². The molecule has 0 bridgehead atoms. The van der Waals surface area contributed by atoms with Crippen LogP contribution in [0.1, 0.15) is 5.56 Å². The van der Waals surface area contributed by atoms with Crippen molar-refractivity contribution >= 4 is 11.8 Å². The zero-order chi connectivity index (χ0) is 8.97. The van der Waals surface area contributed by atoms with Crippen LogP contribution in [-0.2, 0) is 6.54 Å². The molecule has 0 fully saturated rings. The minimum atomic E-state index is 0.800. The van der Waals surface area contributed by atoms with Gasteiger partial charge in [-0.05, 0) is 24.0 Å². The molecule has 0 atom stereocenters. The Labute approximate surface area is 77.7 Å². The van der Waals surface area contributed by atoms with Crippen LogP contribution < -0.4 is 5.84 Å². The quantitative estimate of drug-likeness (QED) is 0.438. The van der Waals surface area contributed by atoms with Gasteiger partial charge in [-0.2, -0.15) is 0 Å². The maximum atomic E-state index is 5.54. The first-order chi connectivity index (χ1) is 5.72. The van der Waals surface area contributed by atoms with Gasteiger partial charge in [0.1, 0.15) is 0 Å². The second-order valence-electron chi connectivity index (χ2n) is 2.77. The van der Waals surface area contributed by atoms with Crippen molar-refractivity contribution in [2.24, 2.45) is 5.84 Å². The average molecular weight is 182 g/mol. The third kappa shape index (κ3) is 2.85. The molecule has 0 aliphatic carbocycles. The largest absolute Gasteiger partial charge is 0.269 e. The first kappa shape index (κ1) is 9.58. The van der Waals surface area contributed by atoms with Crippen LogP contribution in [0.5, 0.6) is 0 Å². The Balaban J connectivity index is 2.72. The Morgan fingerprint density at radius 2 is 2.25 bits per heavy atom. The number of hydrogen-bond acceptors (Lipinski definition) is 3. The maximum absolute atomic E-state index is 5.54. The highest BCUT2D eigenvalue weighted by atomic mass is 32.2. The van der Waals surface area contributed by atoms with E-state index >= 15 is 0 Å². The first-order valence-electron chi connectivity index (χ1n) is 3.81. The fraction of sp³-hybridized carbons (Fsp3) is 0.333. The Bertz CT molecular complexity index is 248. The van der Waals surface area contributed by atoms with Crippen LogP contribution in [0, 0.1) is 0 Å². The molecule has 0 saturated carbocycles. The lowest BCUT2D eigenvalue weighted by Crippen LogP contribution is -2.24. The molecule has 0 unspecified atom stereocenters. The summed E-state index contributed by atoms with van der Waals surface area (Å²) in [6.07, 6.45) is 2.07. The van der Waals surface area contributed by atoms with Crippen molar-refractivity contribution in [3.05, 3.63) is 29.8 Å². The molecule has 0 amide bonds. The molecule has 0 aliphatic rings. The predicted octanol–water partition coefficient (Wildman–Crippen LogP) is 1.71.